The number of carbonyl (C=O) groups is 1. The molecule has 0 rings (SSSR count). The van der Waals surface area contributed by atoms with Crippen molar-refractivity contribution in [3.63, 3.8) is 0 Å². The molecule has 6 heteroatoms. The van der Waals surface area contributed by atoms with E-state index in [4.69, 9.17) is 18.9 Å². The Hall–Kier alpha value is -0.300. The van der Waals surface area contributed by atoms with Crippen LogP contribution in [0.5, 0.6) is 0 Å². The average Bonchev–Trinajstić information content (AvgIpc) is 2.38. The second kappa shape index (κ2) is 14.8. The van der Waals surface area contributed by atoms with Crippen molar-refractivity contribution in [1.82, 2.24) is 0 Å². The van der Waals surface area contributed by atoms with E-state index in [2.05, 4.69) is 0 Å². The summed E-state index contributed by atoms with van der Waals surface area (Å²) >= 11 is 1.63. The summed E-state index contributed by atoms with van der Waals surface area (Å²) in [5, 5.41) is 0. The number of thioether (sulfide) groups is 1. The van der Waals surface area contributed by atoms with Crippen molar-refractivity contribution < 1.29 is 23.7 Å². The first-order chi connectivity index (χ1) is 8.81. The third-order valence-corrected chi connectivity index (χ3v) is 2.62. The lowest BCUT2D eigenvalue weighted by Gasteiger charge is -2.06. The lowest BCUT2D eigenvalue weighted by Crippen LogP contribution is -2.13. The Morgan fingerprint density at radius 2 is 1.67 bits per heavy atom. The summed E-state index contributed by atoms with van der Waals surface area (Å²) in [4.78, 5) is 11.1. The minimum atomic E-state index is -0.163. The van der Waals surface area contributed by atoms with Crippen molar-refractivity contribution in [2.45, 2.75) is 12.8 Å². The summed E-state index contributed by atoms with van der Waals surface area (Å²) in [7, 11) is 1.67. The molecule has 0 fully saturated rings. The first-order valence-electron chi connectivity index (χ1n) is 6.10. The fraction of sp³-hybridized carbons (Fsp3) is 0.917. The highest BCUT2D eigenvalue weighted by molar-refractivity contribution is 7.98. The van der Waals surface area contributed by atoms with E-state index in [0.29, 0.717) is 46.1 Å². The quantitative estimate of drug-likeness (QED) is 0.375. The van der Waals surface area contributed by atoms with E-state index in [-0.39, 0.29) is 5.97 Å². The molecule has 0 saturated heterocycles. The zero-order chi connectivity index (χ0) is 13.5. The molecule has 5 nitrogen and oxygen atoms in total. The number of methoxy groups -OCH3 is 1. The Kier molecular flexibility index (Phi) is 14.5. The van der Waals surface area contributed by atoms with Gasteiger partial charge in [0.15, 0.2) is 0 Å². The molecule has 0 aliphatic carbocycles. The molecule has 0 aromatic heterocycles. The molecule has 0 heterocycles. The largest absolute Gasteiger partial charge is 0.463 e. The smallest absolute Gasteiger partial charge is 0.306 e. The monoisotopic (exact) mass is 280 g/mol. The molecule has 0 radical (unpaired) electrons. The Labute approximate surface area is 113 Å². The van der Waals surface area contributed by atoms with Gasteiger partial charge in [-0.25, -0.2) is 0 Å². The van der Waals surface area contributed by atoms with Crippen LogP contribution in [0.2, 0.25) is 0 Å². The van der Waals surface area contributed by atoms with E-state index in [1.807, 2.05) is 6.26 Å². The summed E-state index contributed by atoms with van der Waals surface area (Å²) in [6.07, 6.45) is 3.32. The number of rotatable bonds is 13. The molecule has 0 aliphatic heterocycles. The van der Waals surface area contributed by atoms with Gasteiger partial charge in [0.2, 0.25) is 0 Å². The molecular formula is C12H24O5S. The number of esters is 1. The van der Waals surface area contributed by atoms with Gasteiger partial charge in [0.1, 0.15) is 6.61 Å². The second-order valence-corrected chi connectivity index (χ2v) is 4.52. The first kappa shape index (κ1) is 17.7. The first-order valence-corrected chi connectivity index (χ1v) is 7.49. The van der Waals surface area contributed by atoms with Crippen molar-refractivity contribution >= 4 is 17.7 Å². The SMILES string of the molecule is COCCCOCCOCCOC(=O)CCSC. The summed E-state index contributed by atoms with van der Waals surface area (Å²) in [6.45, 7) is 3.22. The Balaban J connectivity index is 3.04. The predicted octanol–water partition coefficient (Wildman–Crippen LogP) is 1.35. The lowest BCUT2D eigenvalue weighted by molar-refractivity contribution is -0.144. The fourth-order valence-corrected chi connectivity index (χ4v) is 1.47. The minimum Gasteiger partial charge on any atom is -0.463 e. The van der Waals surface area contributed by atoms with E-state index in [9.17, 15) is 4.79 Å². The molecule has 0 aromatic carbocycles. The normalized spacial score (nSPS) is 10.6. The molecule has 0 amide bonds. The highest BCUT2D eigenvalue weighted by Crippen LogP contribution is 1.97. The van der Waals surface area contributed by atoms with Gasteiger partial charge >= 0.3 is 5.97 Å². The molecule has 18 heavy (non-hydrogen) atoms. The van der Waals surface area contributed by atoms with Crippen molar-refractivity contribution in [3.8, 4) is 0 Å². The maximum Gasteiger partial charge on any atom is 0.306 e. The molecular weight excluding hydrogens is 256 g/mol. The zero-order valence-electron chi connectivity index (χ0n) is 11.3. The van der Waals surface area contributed by atoms with Gasteiger partial charge in [-0.15, -0.1) is 0 Å². The molecule has 0 aliphatic rings. The Bertz CT molecular complexity index is 189. The lowest BCUT2D eigenvalue weighted by atomic mass is 10.5. The summed E-state index contributed by atoms with van der Waals surface area (Å²) < 4.78 is 20.4. The van der Waals surface area contributed by atoms with Crippen LogP contribution in [0, 0.1) is 0 Å². The minimum absolute atomic E-state index is 0.163. The van der Waals surface area contributed by atoms with Crippen LogP contribution in [0.1, 0.15) is 12.8 Å². The van der Waals surface area contributed by atoms with E-state index < -0.39 is 0 Å². The van der Waals surface area contributed by atoms with Crippen LogP contribution in [0.15, 0.2) is 0 Å². The van der Waals surface area contributed by atoms with Gasteiger partial charge in [0, 0.05) is 26.1 Å². The van der Waals surface area contributed by atoms with Crippen molar-refractivity contribution in [2.75, 3.05) is 58.8 Å². The molecule has 0 bridgehead atoms. The van der Waals surface area contributed by atoms with E-state index >= 15 is 0 Å². The van der Waals surface area contributed by atoms with Gasteiger partial charge in [-0.3, -0.25) is 4.79 Å². The van der Waals surface area contributed by atoms with E-state index in [1.165, 1.54) is 0 Å². The molecule has 0 N–H and O–H groups in total. The van der Waals surface area contributed by atoms with Gasteiger partial charge in [-0.05, 0) is 12.7 Å². The summed E-state index contributed by atoms with van der Waals surface area (Å²) in [5.74, 6) is 0.637. The molecule has 0 saturated carbocycles. The zero-order valence-corrected chi connectivity index (χ0v) is 12.1. The third-order valence-electron chi connectivity index (χ3n) is 2.01. The van der Waals surface area contributed by atoms with Crippen LogP contribution in [-0.2, 0) is 23.7 Å². The number of hydrogen-bond donors (Lipinski definition) is 0. The van der Waals surface area contributed by atoms with Gasteiger partial charge in [-0.2, -0.15) is 11.8 Å². The topological polar surface area (TPSA) is 54.0 Å². The van der Waals surface area contributed by atoms with Crippen LogP contribution >= 0.6 is 11.8 Å². The summed E-state index contributed by atoms with van der Waals surface area (Å²) in [5.41, 5.74) is 0. The van der Waals surface area contributed by atoms with Gasteiger partial charge < -0.3 is 18.9 Å². The van der Waals surface area contributed by atoms with Crippen LogP contribution in [0.3, 0.4) is 0 Å². The van der Waals surface area contributed by atoms with E-state index in [0.717, 1.165) is 12.2 Å². The van der Waals surface area contributed by atoms with Crippen molar-refractivity contribution in [3.05, 3.63) is 0 Å². The third kappa shape index (κ3) is 13.8. The highest BCUT2D eigenvalue weighted by atomic mass is 32.2. The molecule has 0 atom stereocenters. The average molecular weight is 280 g/mol. The van der Waals surface area contributed by atoms with Crippen LogP contribution < -0.4 is 0 Å². The van der Waals surface area contributed by atoms with Crippen LogP contribution in [-0.4, -0.2) is 64.7 Å². The van der Waals surface area contributed by atoms with Gasteiger partial charge in [0.25, 0.3) is 0 Å². The number of ether oxygens (including phenoxy) is 4. The van der Waals surface area contributed by atoms with Crippen LogP contribution in [0.4, 0.5) is 0 Å². The van der Waals surface area contributed by atoms with Crippen molar-refractivity contribution in [2.24, 2.45) is 0 Å². The standard InChI is InChI=1S/C12H24O5S/c1-14-5-3-6-15-7-8-16-9-10-17-12(13)4-11-18-2/h3-11H2,1-2H3. The van der Waals surface area contributed by atoms with E-state index in [1.54, 1.807) is 18.9 Å². The van der Waals surface area contributed by atoms with Gasteiger partial charge in [0.05, 0.1) is 26.2 Å². The second-order valence-electron chi connectivity index (χ2n) is 3.53. The maximum absolute atomic E-state index is 11.1. The Morgan fingerprint density at radius 3 is 2.33 bits per heavy atom. The Morgan fingerprint density at radius 1 is 1.00 bits per heavy atom. The predicted molar refractivity (Wildman–Crippen MR) is 72.1 cm³/mol. The maximum atomic E-state index is 11.1. The van der Waals surface area contributed by atoms with Crippen molar-refractivity contribution in [1.29, 1.82) is 0 Å². The fourth-order valence-electron chi connectivity index (χ4n) is 1.10. The van der Waals surface area contributed by atoms with Crippen LogP contribution in [0.25, 0.3) is 0 Å². The molecule has 108 valence electrons. The number of carbonyl (C=O) groups excluding carboxylic acids is 1. The highest BCUT2D eigenvalue weighted by Gasteiger charge is 2.01. The molecule has 0 aromatic rings. The molecule has 0 unspecified atom stereocenters. The summed E-state index contributed by atoms with van der Waals surface area (Å²) in [6, 6.07) is 0. The molecule has 0 spiro atoms. The number of hydrogen-bond acceptors (Lipinski definition) is 6. The van der Waals surface area contributed by atoms with Gasteiger partial charge in [-0.1, -0.05) is 0 Å².